The lowest BCUT2D eigenvalue weighted by Crippen LogP contribution is -2.17. The number of hydrogen-bond donors (Lipinski definition) is 1. The third kappa shape index (κ3) is 3.66. The van der Waals surface area contributed by atoms with Gasteiger partial charge in [0.25, 0.3) is 0 Å². The van der Waals surface area contributed by atoms with Gasteiger partial charge in [0, 0.05) is 27.3 Å². The van der Waals surface area contributed by atoms with Gasteiger partial charge in [-0.2, -0.15) is 0 Å². The van der Waals surface area contributed by atoms with Gasteiger partial charge in [0.15, 0.2) is 0 Å². The minimum absolute atomic E-state index is 0.385. The Morgan fingerprint density at radius 3 is 2.82 bits per heavy atom. The lowest BCUT2D eigenvalue weighted by atomic mass is 10.1. The molecule has 2 rings (SSSR count). The van der Waals surface area contributed by atoms with Gasteiger partial charge in [-0.1, -0.05) is 29.8 Å². The van der Waals surface area contributed by atoms with Crippen molar-refractivity contribution in [2.24, 2.45) is 0 Å². The minimum Gasteiger partial charge on any atom is -0.305 e. The van der Waals surface area contributed by atoms with Crippen molar-refractivity contribution in [2.75, 3.05) is 0 Å². The van der Waals surface area contributed by atoms with Gasteiger partial charge >= 0.3 is 0 Å². The van der Waals surface area contributed by atoms with Crippen LogP contribution >= 0.6 is 27.3 Å². The highest BCUT2D eigenvalue weighted by molar-refractivity contribution is 9.10. The average Bonchev–Trinajstić information content (AvgIpc) is 2.72. The predicted octanol–water partition coefficient (Wildman–Crippen LogP) is 4.67. The third-order valence-corrected chi connectivity index (χ3v) is 4.44. The summed E-state index contributed by atoms with van der Waals surface area (Å²) in [5, 5.41) is 5.66. The average molecular weight is 310 g/mol. The standard InChI is InChI=1S/C14H16BrNS/c1-10-4-3-5-12(6-10)11(2)16-8-14-7-13(15)9-17-14/h3-7,9,11,16H,8H2,1-2H3/t11-/m1/s1. The van der Waals surface area contributed by atoms with Crippen molar-refractivity contribution in [2.45, 2.75) is 26.4 Å². The molecule has 1 nitrogen and oxygen atoms in total. The molecular formula is C14H16BrNS. The van der Waals surface area contributed by atoms with Gasteiger partial charge in [-0.3, -0.25) is 0 Å². The maximum atomic E-state index is 3.55. The number of rotatable bonds is 4. The highest BCUT2D eigenvalue weighted by Crippen LogP contribution is 2.21. The highest BCUT2D eigenvalue weighted by Gasteiger charge is 2.05. The summed E-state index contributed by atoms with van der Waals surface area (Å²) in [4.78, 5) is 1.36. The molecule has 17 heavy (non-hydrogen) atoms. The van der Waals surface area contributed by atoms with Crippen molar-refractivity contribution >= 4 is 27.3 Å². The number of nitrogens with one attached hydrogen (secondary N) is 1. The van der Waals surface area contributed by atoms with Gasteiger partial charge in [0.1, 0.15) is 0 Å². The van der Waals surface area contributed by atoms with E-state index in [2.05, 4.69) is 70.8 Å². The summed E-state index contributed by atoms with van der Waals surface area (Å²) in [6.07, 6.45) is 0. The Morgan fingerprint density at radius 2 is 2.18 bits per heavy atom. The first-order valence-electron chi connectivity index (χ1n) is 5.68. The summed E-state index contributed by atoms with van der Waals surface area (Å²) in [6, 6.07) is 11.2. The molecule has 0 amide bonds. The molecule has 0 aliphatic heterocycles. The maximum Gasteiger partial charge on any atom is 0.0305 e. The zero-order chi connectivity index (χ0) is 12.3. The second-order valence-electron chi connectivity index (χ2n) is 4.25. The van der Waals surface area contributed by atoms with E-state index in [-0.39, 0.29) is 0 Å². The highest BCUT2D eigenvalue weighted by atomic mass is 79.9. The van der Waals surface area contributed by atoms with Crippen molar-refractivity contribution in [1.82, 2.24) is 5.32 Å². The topological polar surface area (TPSA) is 12.0 Å². The molecule has 1 aromatic carbocycles. The number of hydrogen-bond acceptors (Lipinski definition) is 2. The molecule has 0 aliphatic carbocycles. The maximum absolute atomic E-state index is 3.55. The second kappa shape index (κ2) is 5.80. The van der Waals surface area contributed by atoms with Crippen molar-refractivity contribution in [3.63, 3.8) is 0 Å². The third-order valence-electron chi connectivity index (χ3n) is 2.75. The van der Waals surface area contributed by atoms with Crippen LogP contribution in [0.3, 0.4) is 0 Å². The number of aryl methyl sites for hydroxylation is 1. The molecule has 1 aromatic heterocycles. The van der Waals surface area contributed by atoms with Gasteiger partial charge in [-0.25, -0.2) is 0 Å². The fourth-order valence-corrected chi connectivity index (χ4v) is 3.16. The molecule has 0 aliphatic rings. The molecule has 0 spiro atoms. The van der Waals surface area contributed by atoms with Gasteiger partial charge in [-0.05, 0) is 41.4 Å². The zero-order valence-corrected chi connectivity index (χ0v) is 12.4. The van der Waals surface area contributed by atoms with Crippen LogP contribution in [-0.4, -0.2) is 0 Å². The van der Waals surface area contributed by atoms with Crippen molar-refractivity contribution in [1.29, 1.82) is 0 Å². The predicted molar refractivity (Wildman–Crippen MR) is 78.5 cm³/mol. The summed E-state index contributed by atoms with van der Waals surface area (Å²) < 4.78 is 1.17. The van der Waals surface area contributed by atoms with Gasteiger partial charge in [0.2, 0.25) is 0 Å². The molecule has 90 valence electrons. The van der Waals surface area contributed by atoms with E-state index in [1.165, 1.54) is 20.5 Å². The van der Waals surface area contributed by atoms with Gasteiger partial charge in [-0.15, -0.1) is 11.3 Å². The molecule has 0 saturated heterocycles. The molecule has 1 N–H and O–H groups in total. The molecule has 0 radical (unpaired) electrons. The van der Waals surface area contributed by atoms with E-state index in [9.17, 15) is 0 Å². The Kier molecular flexibility index (Phi) is 4.37. The van der Waals surface area contributed by atoms with Crippen LogP contribution in [0.1, 0.15) is 29.0 Å². The fraction of sp³-hybridized carbons (Fsp3) is 0.286. The Hall–Kier alpha value is -0.640. The Morgan fingerprint density at radius 1 is 1.35 bits per heavy atom. The summed E-state index contributed by atoms with van der Waals surface area (Å²) in [6.45, 7) is 5.26. The van der Waals surface area contributed by atoms with Crippen LogP contribution in [0, 0.1) is 6.92 Å². The van der Waals surface area contributed by atoms with E-state index in [1.807, 2.05) is 0 Å². The molecule has 1 atom stereocenters. The first-order valence-corrected chi connectivity index (χ1v) is 7.35. The van der Waals surface area contributed by atoms with Crippen LogP contribution in [0.2, 0.25) is 0 Å². The van der Waals surface area contributed by atoms with E-state index >= 15 is 0 Å². The Bertz CT molecular complexity index is 492. The van der Waals surface area contributed by atoms with Crippen LogP contribution in [-0.2, 0) is 6.54 Å². The van der Waals surface area contributed by atoms with E-state index in [0.717, 1.165) is 6.54 Å². The second-order valence-corrected chi connectivity index (χ2v) is 6.16. The van der Waals surface area contributed by atoms with Crippen LogP contribution < -0.4 is 5.32 Å². The van der Waals surface area contributed by atoms with E-state index in [0.29, 0.717) is 6.04 Å². The zero-order valence-electron chi connectivity index (χ0n) is 10.0. The molecule has 0 unspecified atom stereocenters. The molecule has 3 heteroatoms. The summed E-state index contributed by atoms with van der Waals surface area (Å²) >= 11 is 5.26. The van der Waals surface area contributed by atoms with E-state index in [1.54, 1.807) is 11.3 Å². The molecule has 0 fully saturated rings. The lowest BCUT2D eigenvalue weighted by molar-refractivity contribution is 0.578. The number of benzene rings is 1. The smallest absolute Gasteiger partial charge is 0.0305 e. The Balaban J connectivity index is 1.95. The quantitative estimate of drug-likeness (QED) is 0.865. The van der Waals surface area contributed by atoms with Crippen LogP contribution in [0.15, 0.2) is 40.2 Å². The Labute approximate surface area is 115 Å². The fourth-order valence-electron chi connectivity index (χ4n) is 1.76. The lowest BCUT2D eigenvalue weighted by Gasteiger charge is -2.14. The monoisotopic (exact) mass is 309 g/mol. The first-order chi connectivity index (χ1) is 8.15. The number of halogens is 1. The summed E-state index contributed by atoms with van der Waals surface area (Å²) in [7, 11) is 0. The van der Waals surface area contributed by atoms with Crippen LogP contribution in [0.25, 0.3) is 0 Å². The van der Waals surface area contributed by atoms with Gasteiger partial charge in [0.05, 0.1) is 0 Å². The number of thiophene rings is 1. The summed E-state index contributed by atoms with van der Waals surface area (Å²) in [5.74, 6) is 0. The van der Waals surface area contributed by atoms with E-state index in [4.69, 9.17) is 0 Å². The van der Waals surface area contributed by atoms with E-state index < -0.39 is 0 Å². The first kappa shape index (κ1) is 12.8. The minimum atomic E-state index is 0.385. The normalized spacial score (nSPS) is 12.6. The molecule has 0 bridgehead atoms. The van der Waals surface area contributed by atoms with Crippen LogP contribution in [0.4, 0.5) is 0 Å². The SMILES string of the molecule is Cc1cccc([C@@H](C)NCc2cc(Br)cs2)c1. The van der Waals surface area contributed by atoms with Crippen LogP contribution in [0.5, 0.6) is 0 Å². The van der Waals surface area contributed by atoms with Gasteiger partial charge < -0.3 is 5.32 Å². The van der Waals surface area contributed by atoms with Crippen molar-refractivity contribution in [3.8, 4) is 0 Å². The summed E-state index contributed by atoms with van der Waals surface area (Å²) in [5.41, 5.74) is 2.66. The molecule has 0 saturated carbocycles. The largest absolute Gasteiger partial charge is 0.305 e. The van der Waals surface area contributed by atoms with Crippen molar-refractivity contribution < 1.29 is 0 Å². The molecular weight excluding hydrogens is 294 g/mol. The molecule has 1 heterocycles. The molecule has 2 aromatic rings. The van der Waals surface area contributed by atoms with Crippen molar-refractivity contribution in [3.05, 3.63) is 56.2 Å².